The van der Waals surface area contributed by atoms with Gasteiger partial charge in [-0.2, -0.15) is 0 Å². The summed E-state index contributed by atoms with van der Waals surface area (Å²) in [7, 11) is 0. The Balaban J connectivity index is 1.52. The molecule has 100 valence electrons. The second kappa shape index (κ2) is 5.65. The van der Waals surface area contributed by atoms with Crippen molar-refractivity contribution in [3.8, 4) is 5.75 Å². The molecule has 1 N–H and O–H groups in total. The minimum Gasteiger partial charge on any atom is -0.488 e. The first-order valence-corrected chi connectivity index (χ1v) is 8.08. The number of fused-ring (bicyclic) bond motifs is 1. The summed E-state index contributed by atoms with van der Waals surface area (Å²) in [4.78, 5) is 1.34. The Morgan fingerprint density at radius 2 is 2.32 bits per heavy atom. The van der Waals surface area contributed by atoms with E-state index in [0.29, 0.717) is 0 Å². The third kappa shape index (κ3) is 3.02. The first-order valence-electron chi connectivity index (χ1n) is 6.41. The van der Waals surface area contributed by atoms with Crippen LogP contribution in [0.4, 0.5) is 0 Å². The first-order chi connectivity index (χ1) is 9.22. The molecule has 0 saturated heterocycles. The summed E-state index contributed by atoms with van der Waals surface area (Å²) < 4.78 is 7.13. The maximum Gasteiger partial charge on any atom is 0.123 e. The molecule has 0 radical (unpaired) electrons. The monoisotopic (exact) mass is 337 g/mol. The lowest BCUT2D eigenvalue weighted by Crippen LogP contribution is -2.29. The van der Waals surface area contributed by atoms with Crippen LogP contribution in [0.3, 0.4) is 0 Å². The van der Waals surface area contributed by atoms with E-state index in [1.165, 1.54) is 20.5 Å². The standard InChI is InChI=1S/C15H16BrNOS/c1-10-2-3-14-11(6-10)7-12(18-14)8-17-9-15-13(16)4-5-19-15/h2-6,12,17H,7-9H2,1H3. The molecule has 0 saturated carbocycles. The smallest absolute Gasteiger partial charge is 0.123 e. The fourth-order valence-electron chi connectivity index (χ4n) is 2.36. The number of benzene rings is 1. The Kier molecular flexibility index (Phi) is 3.91. The van der Waals surface area contributed by atoms with Gasteiger partial charge >= 0.3 is 0 Å². The minimum absolute atomic E-state index is 0.260. The van der Waals surface area contributed by atoms with Crippen molar-refractivity contribution < 1.29 is 4.74 Å². The van der Waals surface area contributed by atoms with Crippen LogP contribution in [0.15, 0.2) is 34.1 Å². The van der Waals surface area contributed by atoms with E-state index in [-0.39, 0.29) is 6.10 Å². The quantitative estimate of drug-likeness (QED) is 0.913. The summed E-state index contributed by atoms with van der Waals surface area (Å²) >= 11 is 5.32. The summed E-state index contributed by atoms with van der Waals surface area (Å²) in [5.41, 5.74) is 2.64. The highest BCUT2D eigenvalue weighted by Gasteiger charge is 2.22. The molecular formula is C15H16BrNOS. The van der Waals surface area contributed by atoms with Crippen molar-refractivity contribution in [2.75, 3.05) is 6.54 Å². The maximum absolute atomic E-state index is 5.94. The molecule has 0 bridgehead atoms. The molecule has 1 aromatic heterocycles. The van der Waals surface area contributed by atoms with Gasteiger partial charge in [0.15, 0.2) is 0 Å². The van der Waals surface area contributed by atoms with E-state index in [4.69, 9.17) is 4.74 Å². The van der Waals surface area contributed by atoms with Crippen LogP contribution < -0.4 is 10.1 Å². The largest absolute Gasteiger partial charge is 0.488 e. The zero-order valence-electron chi connectivity index (χ0n) is 10.8. The third-order valence-corrected chi connectivity index (χ3v) is 5.23. The predicted octanol–water partition coefficient (Wildman–Crippen LogP) is 3.91. The van der Waals surface area contributed by atoms with Crippen LogP contribution in [0.2, 0.25) is 0 Å². The lowest BCUT2D eigenvalue weighted by molar-refractivity contribution is 0.227. The van der Waals surface area contributed by atoms with Gasteiger partial charge in [0.25, 0.3) is 0 Å². The van der Waals surface area contributed by atoms with Crippen LogP contribution in [0.25, 0.3) is 0 Å². The lowest BCUT2D eigenvalue weighted by atomic mass is 10.1. The van der Waals surface area contributed by atoms with Crippen molar-refractivity contribution in [1.29, 1.82) is 0 Å². The molecule has 3 rings (SSSR count). The molecule has 0 fully saturated rings. The molecule has 0 aliphatic carbocycles. The van der Waals surface area contributed by atoms with Gasteiger partial charge in [-0.3, -0.25) is 0 Å². The fraction of sp³-hybridized carbons (Fsp3) is 0.333. The summed E-state index contributed by atoms with van der Waals surface area (Å²) in [5.74, 6) is 1.05. The number of nitrogens with one attached hydrogen (secondary N) is 1. The van der Waals surface area contributed by atoms with Gasteiger partial charge in [-0.1, -0.05) is 17.7 Å². The third-order valence-electron chi connectivity index (χ3n) is 3.31. The second-order valence-corrected chi connectivity index (χ2v) is 6.73. The Morgan fingerprint density at radius 3 is 3.11 bits per heavy atom. The van der Waals surface area contributed by atoms with Crippen LogP contribution >= 0.6 is 27.3 Å². The maximum atomic E-state index is 5.94. The van der Waals surface area contributed by atoms with E-state index in [9.17, 15) is 0 Å². The average molecular weight is 338 g/mol. The zero-order valence-corrected chi connectivity index (χ0v) is 13.2. The van der Waals surface area contributed by atoms with Crippen LogP contribution in [-0.4, -0.2) is 12.6 Å². The number of ether oxygens (including phenoxy) is 1. The van der Waals surface area contributed by atoms with Crippen molar-refractivity contribution >= 4 is 27.3 Å². The second-order valence-electron chi connectivity index (χ2n) is 4.88. The molecule has 2 nitrogen and oxygen atoms in total. The topological polar surface area (TPSA) is 21.3 Å². The number of rotatable bonds is 4. The molecule has 1 aliphatic rings. The molecule has 1 aliphatic heterocycles. The van der Waals surface area contributed by atoms with E-state index in [2.05, 4.69) is 57.8 Å². The van der Waals surface area contributed by atoms with E-state index in [1.807, 2.05) is 0 Å². The highest BCUT2D eigenvalue weighted by atomic mass is 79.9. The van der Waals surface area contributed by atoms with Crippen molar-refractivity contribution in [3.05, 3.63) is 50.1 Å². The van der Waals surface area contributed by atoms with Gasteiger partial charge < -0.3 is 10.1 Å². The number of hydrogen-bond acceptors (Lipinski definition) is 3. The highest BCUT2D eigenvalue weighted by molar-refractivity contribution is 9.10. The highest BCUT2D eigenvalue weighted by Crippen LogP contribution is 2.29. The van der Waals surface area contributed by atoms with E-state index in [1.54, 1.807) is 11.3 Å². The molecular weight excluding hydrogens is 322 g/mol. The van der Waals surface area contributed by atoms with Gasteiger partial charge in [0.1, 0.15) is 11.9 Å². The molecule has 19 heavy (non-hydrogen) atoms. The van der Waals surface area contributed by atoms with Crippen molar-refractivity contribution in [1.82, 2.24) is 5.32 Å². The normalized spacial score (nSPS) is 17.3. The van der Waals surface area contributed by atoms with Gasteiger partial charge in [-0.05, 0) is 45.9 Å². The SMILES string of the molecule is Cc1ccc2c(c1)CC(CNCc1sccc1Br)O2. The Labute approximate surface area is 125 Å². The molecule has 4 heteroatoms. The average Bonchev–Trinajstić information content (AvgIpc) is 2.95. The Morgan fingerprint density at radius 1 is 1.42 bits per heavy atom. The van der Waals surface area contributed by atoms with Crippen molar-refractivity contribution in [2.45, 2.75) is 26.0 Å². The molecule has 1 aromatic carbocycles. The Hall–Kier alpha value is -0.840. The molecule has 1 unspecified atom stereocenters. The van der Waals surface area contributed by atoms with Crippen LogP contribution in [0, 0.1) is 6.92 Å². The van der Waals surface area contributed by atoms with E-state index >= 15 is 0 Å². The molecule has 0 amide bonds. The van der Waals surface area contributed by atoms with Gasteiger partial charge in [-0.15, -0.1) is 11.3 Å². The number of aryl methyl sites for hydroxylation is 1. The predicted molar refractivity (Wildman–Crippen MR) is 83.0 cm³/mol. The number of halogens is 1. The number of thiophene rings is 1. The summed E-state index contributed by atoms with van der Waals surface area (Å²) in [5, 5.41) is 5.58. The summed E-state index contributed by atoms with van der Waals surface area (Å²) in [6, 6.07) is 8.51. The van der Waals surface area contributed by atoms with E-state index in [0.717, 1.165) is 25.3 Å². The van der Waals surface area contributed by atoms with E-state index < -0.39 is 0 Å². The van der Waals surface area contributed by atoms with Crippen molar-refractivity contribution in [2.24, 2.45) is 0 Å². The molecule has 0 spiro atoms. The van der Waals surface area contributed by atoms with Gasteiger partial charge in [-0.25, -0.2) is 0 Å². The molecule has 1 atom stereocenters. The first kappa shape index (κ1) is 13.2. The molecule has 2 heterocycles. The molecule has 2 aromatic rings. The van der Waals surface area contributed by atoms with Gasteiger partial charge in [0.2, 0.25) is 0 Å². The minimum atomic E-state index is 0.260. The van der Waals surface area contributed by atoms with Crippen molar-refractivity contribution in [3.63, 3.8) is 0 Å². The van der Waals surface area contributed by atoms with Gasteiger partial charge in [0, 0.05) is 28.9 Å². The lowest BCUT2D eigenvalue weighted by Gasteiger charge is -2.11. The fourth-order valence-corrected chi connectivity index (χ4v) is 3.82. The van der Waals surface area contributed by atoms with Crippen LogP contribution in [0.5, 0.6) is 5.75 Å². The summed E-state index contributed by atoms with van der Waals surface area (Å²) in [6.07, 6.45) is 1.27. The van der Waals surface area contributed by atoms with Crippen LogP contribution in [0.1, 0.15) is 16.0 Å². The zero-order chi connectivity index (χ0) is 13.2. The Bertz CT molecular complexity index is 581. The van der Waals surface area contributed by atoms with Crippen LogP contribution in [-0.2, 0) is 13.0 Å². The summed E-state index contributed by atoms with van der Waals surface area (Å²) in [6.45, 7) is 3.91. The number of hydrogen-bond donors (Lipinski definition) is 1. The van der Waals surface area contributed by atoms with Gasteiger partial charge in [0.05, 0.1) is 0 Å².